The number of amides is 1. The summed E-state index contributed by atoms with van der Waals surface area (Å²) in [4.78, 5) is 12.8. The molecule has 0 aromatic heterocycles. The second-order valence-corrected chi connectivity index (χ2v) is 9.84. The topological polar surface area (TPSA) is 106 Å². The van der Waals surface area contributed by atoms with Crippen LogP contribution in [0.5, 0.6) is 5.75 Å². The van der Waals surface area contributed by atoms with Crippen LogP contribution >= 0.6 is 12.2 Å². The normalized spacial score (nSPS) is 10.9. The maximum Gasteiger partial charge on any atom is 0.261 e. The highest BCUT2D eigenvalue weighted by atomic mass is 32.2. The molecule has 0 atom stereocenters. The van der Waals surface area contributed by atoms with Crippen LogP contribution in [0.25, 0.3) is 0 Å². The van der Waals surface area contributed by atoms with Crippen molar-refractivity contribution in [1.29, 1.82) is 0 Å². The van der Waals surface area contributed by atoms with Gasteiger partial charge in [0.05, 0.1) is 17.1 Å². The Morgan fingerprint density at radius 3 is 2.23 bits per heavy atom. The van der Waals surface area contributed by atoms with Crippen molar-refractivity contribution in [3.8, 4) is 5.75 Å². The molecule has 3 aromatic carbocycles. The van der Waals surface area contributed by atoms with Gasteiger partial charge in [-0.1, -0.05) is 18.2 Å². The molecule has 1 amide bonds. The highest BCUT2D eigenvalue weighted by molar-refractivity contribution is 7.92. The first-order chi connectivity index (χ1) is 16.7. The van der Waals surface area contributed by atoms with Gasteiger partial charge < -0.3 is 14.8 Å². The quantitative estimate of drug-likeness (QED) is 0.290. The monoisotopic (exact) mass is 513 g/mol. The minimum Gasteiger partial charge on any atom is -0.490 e. The fourth-order valence-corrected chi connectivity index (χ4v) is 4.56. The molecule has 35 heavy (non-hydrogen) atoms. The number of carbonyl (C=O) groups excluding carboxylic acids is 1. The van der Waals surface area contributed by atoms with Crippen LogP contribution in [-0.2, 0) is 14.8 Å². The molecule has 0 aliphatic carbocycles. The summed E-state index contributed by atoms with van der Waals surface area (Å²) in [5, 5.41) is 5.55. The van der Waals surface area contributed by atoms with E-state index in [1.165, 1.54) is 12.1 Å². The average molecular weight is 514 g/mol. The number of rotatable bonds is 9. The third kappa shape index (κ3) is 7.51. The third-order valence-electron chi connectivity index (χ3n) is 4.80. The summed E-state index contributed by atoms with van der Waals surface area (Å²) in [6.45, 7) is 4.50. The lowest BCUT2D eigenvalue weighted by Crippen LogP contribution is -2.34. The highest BCUT2D eigenvalue weighted by Crippen LogP contribution is 2.21. The Labute approximate surface area is 210 Å². The Balaban J connectivity index is 1.62. The van der Waals surface area contributed by atoms with E-state index in [0.717, 1.165) is 11.1 Å². The maximum atomic E-state index is 12.8. The van der Waals surface area contributed by atoms with E-state index < -0.39 is 15.9 Å². The molecule has 184 valence electrons. The number of ether oxygens (including phenoxy) is 2. The molecule has 3 rings (SSSR count). The Kier molecular flexibility index (Phi) is 8.80. The molecule has 3 aromatic rings. The smallest absolute Gasteiger partial charge is 0.261 e. The zero-order chi connectivity index (χ0) is 25.4. The maximum absolute atomic E-state index is 12.8. The van der Waals surface area contributed by atoms with E-state index in [1.54, 1.807) is 55.6 Å². The van der Waals surface area contributed by atoms with E-state index in [1.807, 2.05) is 19.9 Å². The van der Waals surface area contributed by atoms with Crippen molar-refractivity contribution in [3.05, 3.63) is 83.4 Å². The molecule has 3 N–H and O–H groups in total. The number of hydrogen-bond acceptors (Lipinski definition) is 6. The van der Waals surface area contributed by atoms with Gasteiger partial charge in [-0.3, -0.25) is 14.8 Å². The number of carbonyl (C=O) groups is 1. The van der Waals surface area contributed by atoms with Gasteiger partial charge in [0.1, 0.15) is 12.4 Å². The van der Waals surface area contributed by atoms with Crippen molar-refractivity contribution in [3.63, 3.8) is 0 Å². The van der Waals surface area contributed by atoms with E-state index in [4.69, 9.17) is 21.7 Å². The lowest BCUT2D eigenvalue weighted by atomic mass is 10.1. The Morgan fingerprint density at radius 1 is 0.914 bits per heavy atom. The van der Waals surface area contributed by atoms with Gasteiger partial charge in [0.15, 0.2) is 5.11 Å². The number of benzene rings is 3. The van der Waals surface area contributed by atoms with Crippen LogP contribution in [0.15, 0.2) is 71.6 Å². The number of hydrogen-bond donors (Lipinski definition) is 3. The summed E-state index contributed by atoms with van der Waals surface area (Å²) in [7, 11) is -2.20. The van der Waals surface area contributed by atoms with Crippen LogP contribution in [0, 0.1) is 13.8 Å². The molecule has 8 nitrogen and oxygen atoms in total. The molecular weight excluding hydrogens is 486 g/mol. The van der Waals surface area contributed by atoms with Crippen LogP contribution in [0.1, 0.15) is 21.5 Å². The molecule has 0 heterocycles. The van der Waals surface area contributed by atoms with Crippen LogP contribution in [0.4, 0.5) is 11.4 Å². The Morgan fingerprint density at radius 2 is 1.57 bits per heavy atom. The summed E-state index contributed by atoms with van der Waals surface area (Å²) in [6.07, 6.45) is 0. The first-order valence-corrected chi connectivity index (χ1v) is 12.6. The van der Waals surface area contributed by atoms with Gasteiger partial charge >= 0.3 is 0 Å². The minimum absolute atomic E-state index is 0.0608. The molecule has 10 heteroatoms. The minimum atomic E-state index is -3.76. The van der Waals surface area contributed by atoms with Crippen LogP contribution in [-0.4, -0.2) is 39.8 Å². The first-order valence-electron chi connectivity index (χ1n) is 10.7. The standard InChI is InChI=1S/C25H27N3O5S2/c1-17-14-18(2)16-20(15-17)28-35(30,31)21-10-8-19(9-11-21)26-25(34)27-24(29)22-6-4-5-7-23(22)33-13-12-32-3/h4-11,14-16,28H,12-13H2,1-3H3,(H2,26,27,29,34). The SMILES string of the molecule is COCCOc1ccccc1C(=O)NC(=S)Nc1ccc(S(=O)(=O)Nc2cc(C)cc(C)c2)cc1. The lowest BCUT2D eigenvalue weighted by molar-refractivity contribution is 0.0970. The summed E-state index contributed by atoms with van der Waals surface area (Å²) < 4.78 is 38.7. The van der Waals surface area contributed by atoms with Gasteiger partial charge in [0.25, 0.3) is 15.9 Å². The van der Waals surface area contributed by atoms with Crippen molar-refractivity contribution < 1.29 is 22.7 Å². The van der Waals surface area contributed by atoms with Gasteiger partial charge in [-0.2, -0.15) is 0 Å². The molecule has 0 aliphatic heterocycles. The van der Waals surface area contributed by atoms with Gasteiger partial charge in [-0.25, -0.2) is 8.42 Å². The third-order valence-corrected chi connectivity index (χ3v) is 6.40. The van der Waals surface area contributed by atoms with E-state index in [9.17, 15) is 13.2 Å². The highest BCUT2D eigenvalue weighted by Gasteiger charge is 2.16. The first kappa shape index (κ1) is 26.1. The van der Waals surface area contributed by atoms with Gasteiger partial charge in [-0.05, 0) is 85.7 Å². The number of methoxy groups -OCH3 is 1. The lowest BCUT2D eigenvalue weighted by Gasteiger charge is -2.13. The number of para-hydroxylation sites is 1. The van der Waals surface area contributed by atoms with Crippen molar-refractivity contribution >= 4 is 44.6 Å². The number of anilines is 2. The fraction of sp³-hybridized carbons (Fsp3) is 0.200. The molecule has 0 bridgehead atoms. The molecule has 0 saturated carbocycles. The largest absolute Gasteiger partial charge is 0.490 e. The van der Waals surface area contributed by atoms with Crippen molar-refractivity contribution in [1.82, 2.24) is 5.32 Å². The molecule has 0 saturated heterocycles. The van der Waals surface area contributed by atoms with Crippen LogP contribution in [0.2, 0.25) is 0 Å². The fourth-order valence-electron chi connectivity index (χ4n) is 3.31. The van der Waals surface area contributed by atoms with Gasteiger partial charge in [0.2, 0.25) is 0 Å². The second kappa shape index (κ2) is 11.8. The zero-order valence-electron chi connectivity index (χ0n) is 19.6. The van der Waals surface area contributed by atoms with Crippen molar-refractivity contribution in [2.75, 3.05) is 30.4 Å². The molecule has 0 fully saturated rings. The summed E-state index contributed by atoms with van der Waals surface area (Å²) in [5.74, 6) is -0.0249. The number of aryl methyl sites for hydroxylation is 2. The summed E-state index contributed by atoms with van der Waals surface area (Å²) >= 11 is 5.24. The Bertz CT molecular complexity index is 1290. The molecular formula is C25H27N3O5S2. The number of thiocarbonyl (C=S) groups is 1. The van der Waals surface area contributed by atoms with E-state index in [2.05, 4.69) is 15.4 Å². The Hall–Kier alpha value is -3.47. The second-order valence-electron chi connectivity index (χ2n) is 7.75. The zero-order valence-corrected chi connectivity index (χ0v) is 21.3. The molecule has 0 aliphatic rings. The number of sulfonamides is 1. The molecule has 0 unspecified atom stereocenters. The van der Waals surface area contributed by atoms with Crippen molar-refractivity contribution in [2.24, 2.45) is 0 Å². The van der Waals surface area contributed by atoms with Crippen LogP contribution < -0.4 is 20.1 Å². The predicted octanol–water partition coefficient (Wildman–Crippen LogP) is 4.26. The van der Waals surface area contributed by atoms with E-state index in [0.29, 0.717) is 35.9 Å². The van der Waals surface area contributed by atoms with Gasteiger partial charge in [0, 0.05) is 18.5 Å². The summed E-state index contributed by atoms with van der Waals surface area (Å²) in [6, 6.07) is 18.3. The average Bonchev–Trinajstić information content (AvgIpc) is 2.79. The summed E-state index contributed by atoms with van der Waals surface area (Å²) in [5.41, 5.74) is 3.26. The van der Waals surface area contributed by atoms with E-state index in [-0.39, 0.29) is 10.0 Å². The molecule has 0 radical (unpaired) electrons. The van der Waals surface area contributed by atoms with E-state index >= 15 is 0 Å². The molecule has 0 spiro atoms. The van der Waals surface area contributed by atoms with Gasteiger partial charge in [-0.15, -0.1) is 0 Å². The van der Waals surface area contributed by atoms with Crippen molar-refractivity contribution in [2.45, 2.75) is 18.7 Å². The van der Waals surface area contributed by atoms with Crippen LogP contribution in [0.3, 0.4) is 0 Å². The predicted molar refractivity (Wildman–Crippen MR) is 141 cm³/mol. The number of nitrogens with one attached hydrogen (secondary N) is 3.